The first-order valence-electron chi connectivity index (χ1n) is 6.09. The fraction of sp³-hybridized carbons (Fsp3) is 0.357. The lowest BCUT2D eigenvalue weighted by Gasteiger charge is -2.05. The van der Waals surface area contributed by atoms with Gasteiger partial charge in [-0.15, -0.1) is 0 Å². The first-order chi connectivity index (χ1) is 8.60. The maximum atomic E-state index is 5.99. The number of hydrogen-bond acceptors (Lipinski definition) is 3. The van der Waals surface area contributed by atoms with E-state index in [0.29, 0.717) is 11.7 Å². The highest BCUT2D eigenvalue weighted by Crippen LogP contribution is 2.19. The number of rotatable bonds is 4. The summed E-state index contributed by atoms with van der Waals surface area (Å²) in [7, 11) is 1.65. The number of methoxy groups -OCH3 is 1. The van der Waals surface area contributed by atoms with E-state index in [0.717, 1.165) is 23.6 Å². The Morgan fingerprint density at radius 2 is 1.94 bits per heavy atom. The third kappa shape index (κ3) is 2.64. The van der Waals surface area contributed by atoms with Gasteiger partial charge in [-0.25, -0.2) is 4.68 Å². The van der Waals surface area contributed by atoms with Crippen LogP contribution in [0.5, 0.6) is 5.75 Å². The predicted molar refractivity (Wildman–Crippen MR) is 73.1 cm³/mol. The fourth-order valence-electron chi connectivity index (χ4n) is 1.90. The number of hydrogen-bond donors (Lipinski definition) is 1. The average Bonchev–Trinajstić information content (AvgIpc) is 2.69. The van der Waals surface area contributed by atoms with Gasteiger partial charge in [0.15, 0.2) is 0 Å². The van der Waals surface area contributed by atoms with Crippen molar-refractivity contribution in [3.63, 3.8) is 0 Å². The maximum Gasteiger partial charge on any atom is 0.127 e. The maximum absolute atomic E-state index is 5.99. The van der Waals surface area contributed by atoms with Gasteiger partial charge in [-0.3, -0.25) is 0 Å². The number of aromatic nitrogens is 2. The van der Waals surface area contributed by atoms with Gasteiger partial charge >= 0.3 is 0 Å². The van der Waals surface area contributed by atoms with Crippen molar-refractivity contribution in [2.24, 2.45) is 5.92 Å². The van der Waals surface area contributed by atoms with Crippen LogP contribution in [0.15, 0.2) is 30.3 Å². The first kappa shape index (κ1) is 12.5. The Morgan fingerprint density at radius 1 is 1.28 bits per heavy atom. The monoisotopic (exact) mass is 245 g/mol. The van der Waals surface area contributed by atoms with Gasteiger partial charge in [-0.2, -0.15) is 5.10 Å². The Kier molecular flexibility index (Phi) is 3.55. The summed E-state index contributed by atoms with van der Waals surface area (Å²) < 4.78 is 6.89. The van der Waals surface area contributed by atoms with Crippen LogP contribution in [-0.4, -0.2) is 16.9 Å². The summed E-state index contributed by atoms with van der Waals surface area (Å²) in [5.41, 5.74) is 7.96. The van der Waals surface area contributed by atoms with Gasteiger partial charge < -0.3 is 10.5 Å². The van der Waals surface area contributed by atoms with Gasteiger partial charge in [0.05, 0.1) is 18.5 Å². The summed E-state index contributed by atoms with van der Waals surface area (Å²) in [6.07, 6.45) is 0.938. The Bertz CT molecular complexity index is 514. The van der Waals surface area contributed by atoms with Crippen molar-refractivity contribution in [2.75, 3.05) is 12.8 Å². The molecule has 0 aliphatic rings. The standard InChI is InChI=1S/C14H19N3O/c1-10(2)8-11-9-14(15)17(16-11)12-4-6-13(18-3)7-5-12/h4-7,9-10H,8,15H2,1-3H3. The van der Waals surface area contributed by atoms with Crippen LogP contribution < -0.4 is 10.5 Å². The summed E-state index contributed by atoms with van der Waals surface area (Å²) >= 11 is 0. The van der Waals surface area contributed by atoms with Crippen molar-refractivity contribution in [3.05, 3.63) is 36.0 Å². The molecule has 0 spiro atoms. The van der Waals surface area contributed by atoms with Crippen LogP contribution >= 0.6 is 0 Å². The van der Waals surface area contributed by atoms with Crippen LogP contribution in [0.1, 0.15) is 19.5 Å². The summed E-state index contributed by atoms with van der Waals surface area (Å²) in [4.78, 5) is 0. The molecule has 0 aliphatic heterocycles. The molecule has 2 N–H and O–H groups in total. The van der Waals surface area contributed by atoms with Gasteiger partial charge in [0, 0.05) is 6.07 Å². The summed E-state index contributed by atoms with van der Waals surface area (Å²) in [6, 6.07) is 9.63. The highest BCUT2D eigenvalue weighted by atomic mass is 16.5. The second kappa shape index (κ2) is 5.12. The largest absolute Gasteiger partial charge is 0.497 e. The molecule has 0 fully saturated rings. The number of nitrogens with two attached hydrogens (primary N) is 1. The van der Waals surface area contributed by atoms with E-state index >= 15 is 0 Å². The Morgan fingerprint density at radius 3 is 2.50 bits per heavy atom. The van der Waals surface area contributed by atoms with Crippen LogP contribution in [0.2, 0.25) is 0 Å². The fourth-order valence-corrected chi connectivity index (χ4v) is 1.90. The zero-order valence-electron chi connectivity index (χ0n) is 11.1. The van der Waals surface area contributed by atoms with Crippen molar-refractivity contribution in [2.45, 2.75) is 20.3 Å². The molecular formula is C14H19N3O. The zero-order valence-corrected chi connectivity index (χ0v) is 11.1. The lowest BCUT2D eigenvalue weighted by molar-refractivity contribution is 0.414. The Labute approximate surface area is 107 Å². The number of benzene rings is 1. The van der Waals surface area contributed by atoms with Gasteiger partial charge in [0.2, 0.25) is 0 Å². The average molecular weight is 245 g/mol. The second-order valence-electron chi connectivity index (χ2n) is 4.77. The minimum absolute atomic E-state index is 0.573. The van der Waals surface area contributed by atoms with E-state index in [-0.39, 0.29) is 0 Å². The molecule has 0 atom stereocenters. The minimum Gasteiger partial charge on any atom is -0.497 e. The molecule has 0 bridgehead atoms. The molecule has 4 nitrogen and oxygen atoms in total. The van der Waals surface area contributed by atoms with Gasteiger partial charge in [-0.1, -0.05) is 13.8 Å². The molecule has 1 heterocycles. The highest BCUT2D eigenvalue weighted by Gasteiger charge is 2.08. The molecule has 0 saturated heterocycles. The van der Waals surface area contributed by atoms with Crippen LogP contribution in [0, 0.1) is 5.92 Å². The number of ether oxygens (including phenoxy) is 1. The van der Waals surface area contributed by atoms with E-state index in [1.807, 2.05) is 30.3 Å². The van der Waals surface area contributed by atoms with Crippen LogP contribution in [0.25, 0.3) is 5.69 Å². The molecule has 0 saturated carbocycles. The molecule has 0 radical (unpaired) electrons. The number of nitrogens with zero attached hydrogens (tertiary/aromatic N) is 2. The van der Waals surface area contributed by atoms with Crippen molar-refractivity contribution in [3.8, 4) is 11.4 Å². The van der Waals surface area contributed by atoms with E-state index in [1.54, 1.807) is 11.8 Å². The van der Waals surface area contributed by atoms with Crippen molar-refractivity contribution < 1.29 is 4.74 Å². The molecule has 18 heavy (non-hydrogen) atoms. The minimum atomic E-state index is 0.573. The number of nitrogen functional groups attached to an aromatic ring is 1. The Balaban J connectivity index is 2.29. The molecule has 0 amide bonds. The third-order valence-corrected chi connectivity index (χ3v) is 2.72. The topological polar surface area (TPSA) is 53.1 Å². The normalized spacial score (nSPS) is 10.9. The molecule has 1 aromatic carbocycles. The molecular weight excluding hydrogens is 226 g/mol. The molecule has 4 heteroatoms. The lowest BCUT2D eigenvalue weighted by atomic mass is 10.1. The van der Waals surface area contributed by atoms with E-state index in [9.17, 15) is 0 Å². The summed E-state index contributed by atoms with van der Waals surface area (Å²) in [5.74, 6) is 2.06. The van der Waals surface area contributed by atoms with E-state index in [4.69, 9.17) is 10.5 Å². The van der Waals surface area contributed by atoms with Crippen molar-refractivity contribution >= 4 is 5.82 Å². The highest BCUT2D eigenvalue weighted by molar-refractivity contribution is 5.44. The quantitative estimate of drug-likeness (QED) is 0.901. The SMILES string of the molecule is COc1ccc(-n2nc(CC(C)C)cc2N)cc1. The first-order valence-corrected chi connectivity index (χ1v) is 6.09. The molecule has 2 rings (SSSR count). The smallest absolute Gasteiger partial charge is 0.127 e. The van der Waals surface area contributed by atoms with Crippen molar-refractivity contribution in [1.29, 1.82) is 0 Å². The second-order valence-corrected chi connectivity index (χ2v) is 4.77. The molecule has 0 aliphatic carbocycles. The third-order valence-electron chi connectivity index (χ3n) is 2.72. The molecule has 0 unspecified atom stereocenters. The van der Waals surface area contributed by atoms with Crippen LogP contribution in [0.3, 0.4) is 0 Å². The molecule has 1 aromatic heterocycles. The zero-order chi connectivity index (χ0) is 13.1. The number of anilines is 1. The van der Waals surface area contributed by atoms with Gasteiger partial charge in [-0.05, 0) is 36.6 Å². The van der Waals surface area contributed by atoms with E-state index in [2.05, 4.69) is 18.9 Å². The lowest BCUT2D eigenvalue weighted by Crippen LogP contribution is -2.02. The summed E-state index contributed by atoms with van der Waals surface area (Å²) in [5, 5.41) is 4.53. The van der Waals surface area contributed by atoms with Gasteiger partial charge in [0.25, 0.3) is 0 Å². The molecule has 96 valence electrons. The van der Waals surface area contributed by atoms with Crippen molar-refractivity contribution in [1.82, 2.24) is 9.78 Å². The van der Waals surface area contributed by atoms with Crippen LogP contribution in [0.4, 0.5) is 5.82 Å². The van der Waals surface area contributed by atoms with E-state index < -0.39 is 0 Å². The van der Waals surface area contributed by atoms with Gasteiger partial charge in [0.1, 0.15) is 11.6 Å². The van der Waals surface area contributed by atoms with E-state index in [1.165, 1.54) is 0 Å². The Hall–Kier alpha value is -1.97. The van der Waals surface area contributed by atoms with Crippen LogP contribution in [-0.2, 0) is 6.42 Å². The summed E-state index contributed by atoms with van der Waals surface area (Å²) in [6.45, 7) is 4.34. The predicted octanol–water partition coefficient (Wildman–Crippen LogP) is 2.66. The molecule has 2 aromatic rings.